The van der Waals surface area contributed by atoms with Crippen molar-refractivity contribution in [2.24, 2.45) is 0 Å². The lowest BCUT2D eigenvalue weighted by molar-refractivity contribution is 0.0957. The minimum absolute atomic E-state index is 0.124. The quantitative estimate of drug-likeness (QED) is 0.372. The largest absolute Gasteiger partial charge is 0.497 e. The first-order valence-electron chi connectivity index (χ1n) is 10.5. The highest BCUT2D eigenvalue weighted by Gasteiger charge is 2.20. The van der Waals surface area contributed by atoms with Crippen LogP contribution in [0.3, 0.4) is 0 Å². The number of methoxy groups -OCH3 is 1. The van der Waals surface area contributed by atoms with E-state index in [-0.39, 0.29) is 5.91 Å². The number of thiazole rings is 1. The molecule has 33 heavy (non-hydrogen) atoms. The summed E-state index contributed by atoms with van der Waals surface area (Å²) in [6, 6.07) is 9.95. The average Bonchev–Trinajstić information content (AvgIpc) is 3.47. The molecule has 0 unspecified atom stereocenters. The Bertz CT molecular complexity index is 1250. The Balaban J connectivity index is 1.67. The number of carbonyl (C=O) groups is 1. The molecule has 1 aromatic carbocycles. The summed E-state index contributed by atoms with van der Waals surface area (Å²) in [5.74, 6) is 0.706. The third-order valence-electron chi connectivity index (χ3n) is 5.35. The molecule has 0 aliphatic heterocycles. The molecule has 0 fully saturated rings. The minimum atomic E-state index is -0.124. The summed E-state index contributed by atoms with van der Waals surface area (Å²) >= 11 is 1.51. The van der Waals surface area contributed by atoms with E-state index in [0.29, 0.717) is 18.7 Å². The number of rotatable bonds is 9. The molecule has 4 aromatic rings. The predicted octanol–water partition coefficient (Wildman–Crippen LogP) is 4.54. The molecular formula is C25H25N5O2S. The molecule has 1 amide bonds. The lowest BCUT2D eigenvalue weighted by Crippen LogP contribution is -2.23. The van der Waals surface area contributed by atoms with E-state index in [1.54, 1.807) is 31.8 Å². The first kappa shape index (κ1) is 22.4. The maximum Gasteiger partial charge on any atom is 0.253 e. The van der Waals surface area contributed by atoms with Crippen molar-refractivity contribution >= 4 is 17.2 Å². The molecule has 0 spiro atoms. The molecule has 7 nitrogen and oxygen atoms in total. The number of ether oxygens (including phenoxy) is 1. The SMILES string of the molecule is C=CCNC(=O)c1cc(-c2csc(-c3cnccn3)n2)n(CCc2ccc(OC)cc2)c1C. The van der Waals surface area contributed by atoms with Gasteiger partial charge in [-0.3, -0.25) is 14.8 Å². The Morgan fingerprint density at radius 3 is 2.76 bits per heavy atom. The van der Waals surface area contributed by atoms with Crippen molar-refractivity contribution < 1.29 is 9.53 Å². The molecule has 0 radical (unpaired) electrons. The zero-order valence-electron chi connectivity index (χ0n) is 18.6. The van der Waals surface area contributed by atoms with Crippen molar-refractivity contribution in [2.75, 3.05) is 13.7 Å². The van der Waals surface area contributed by atoms with E-state index < -0.39 is 0 Å². The third-order valence-corrected chi connectivity index (χ3v) is 6.21. The van der Waals surface area contributed by atoms with Gasteiger partial charge < -0.3 is 14.6 Å². The number of hydrogen-bond acceptors (Lipinski definition) is 6. The van der Waals surface area contributed by atoms with Crippen LogP contribution in [0.15, 0.2) is 67.0 Å². The average molecular weight is 460 g/mol. The zero-order chi connectivity index (χ0) is 23.2. The van der Waals surface area contributed by atoms with Gasteiger partial charge in [0.1, 0.15) is 16.5 Å². The molecular weight excluding hydrogens is 434 g/mol. The summed E-state index contributed by atoms with van der Waals surface area (Å²) in [6.45, 7) is 6.77. The van der Waals surface area contributed by atoms with Crippen LogP contribution in [0, 0.1) is 6.92 Å². The summed E-state index contributed by atoms with van der Waals surface area (Å²) in [6.07, 6.45) is 7.47. The van der Waals surface area contributed by atoms with Crippen LogP contribution in [0.2, 0.25) is 0 Å². The highest BCUT2D eigenvalue weighted by atomic mass is 32.1. The standard InChI is InChI=1S/C25H25N5O2S/c1-4-10-28-24(31)20-14-23(22-16-33-25(29-22)21-15-26-11-12-27-21)30(17(20)2)13-9-18-5-7-19(32-3)8-6-18/h4-8,11-12,14-16H,1,9-10,13H2,2-3H3,(H,28,31). The molecule has 3 aromatic heterocycles. The van der Waals surface area contributed by atoms with Crippen LogP contribution in [-0.2, 0) is 13.0 Å². The summed E-state index contributed by atoms with van der Waals surface area (Å²) in [4.78, 5) is 26.0. The fraction of sp³-hybridized carbons (Fsp3) is 0.200. The summed E-state index contributed by atoms with van der Waals surface area (Å²) < 4.78 is 7.41. The van der Waals surface area contributed by atoms with Gasteiger partial charge in [-0.1, -0.05) is 18.2 Å². The maximum absolute atomic E-state index is 12.8. The third kappa shape index (κ3) is 5.01. The van der Waals surface area contributed by atoms with Crippen molar-refractivity contribution in [1.82, 2.24) is 24.8 Å². The second-order valence-corrected chi connectivity index (χ2v) is 8.26. The van der Waals surface area contributed by atoms with Crippen LogP contribution >= 0.6 is 11.3 Å². The van der Waals surface area contributed by atoms with Gasteiger partial charge in [-0.05, 0) is 37.1 Å². The maximum atomic E-state index is 12.8. The molecule has 3 heterocycles. The number of benzene rings is 1. The second kappa shape index (κ2) is 10.2. The van der Waals surface area contributed by atoms with Gasteiger partial charge in [-0.2, -0.15) is 0 Å². The summed E-state index contributed by atoms with van der Waals surface area (Å²) in [5.41, 5.74) is 5.15. The number of hydrogen-bond donors (Lipinski definition) is 1. The van der Waals surface area contributed by atoms with E-state index in [2.05, 4.69) is 38.6 Å². The van der Waals surface area contributed by atoms with E-state index in [9.17, 15) is 4.79 Å². The smallest absolute Gasteiger partial charge is 0.253 e. The Morgan fingerprint density at radius 1 is 1.24 bits per heavy atom. The minimum Gasteiger partial charge on any atom is -0.497 e. The van der Waals surface area contributed by atoms with E-state index in [1.807, 2.05) is 30.5 Å². The topological polar surface area (TPSA) is 81.9 Å². The van der Waals surface area contributed by atoms with Gasteiger partial charge in [0.2, 0.25) is 0 Å². The van der Waals surface area contributed by atoms with Crippen LogP contribution in [0.5, 0.6) is 5.75 Å². The molecule has 1 N–H and O–H groups in total. The number of aryl methyl sites for hydroxylation is 1. The Morgan fingerprint density at radius 2 is 2.06 bits per heavy atom. The van der Waals surface area contributed by atoms with Gasteiger partial charge in [0.05, 0.1) is 30.3 Å². The molecule has 4 rings (SSSR count). The van der Waals surface area contributed by atoms with Gasteiger partial charge >= 0.3 is 0 Å². The molecule has 8 heteroatoms. The molecule has 0 saturated heterocycles. The highest BCUT2D eigenvalue weighted by Crippen LogP contribution is 2.31. The van der Waals surface area contributed by atoms with Gasteiger partial charge in [-0.15, -0.1) is 17.9 Å². The monoisotopic (exact) mass is 459 g/mol. The fourth-order valence-corrected chi connectivity index (χ4v) is 4.36. The van der Waals surface area contributed by atoms with Crippen molar-refractivity contribution in [3.8, 4) is 27.8 Å². The lowest BCUT2D eigenvalue weighted by atomic mass is 10.1. The number of aromatic nitrogens is 4. The zero-order valence-corrected chi connectivity index (χ0v) is 19.4. The number of amides is 1. The lowest BCUT2D eigenvalue weighted by Gasteiger charge is -2.11. The highest BCUT2D eigenvalue weighted by molar-refractivity contribution is 7.13. The number of nitrogens with zero attached hydrogens (tertiary/aromatic N) is 4. The van der Waals surface area contributed by atoms with Gasteiger partial charge in [0, 0.05) is 36.6 Å². The predicted molar refractivity (Wildman–Crippen MR) is 131 cm³/mol. The van der Waals surface area contributed by atoms with Crippen LogP contribution in [-0.4, -0.2) is 39.1 Å². The van der Waals surface area contributed by atoms with Gasteiger partial charge in [0.25, 0.3) is 5.91 Å². The molecule has 0 atom stereocenters. The molecule has 0 saturated carbocycles. The van der Waals surface area contributed by atoms with E-state index in [1.165, 1.54) is 16.9 Å². The van der Waals surface area contributed by atoms with Crippen molar-refractivity contribution in [1.29, 1.82) is 0 Å². The first-order valence-corrected chi connectivity index (χ1v) is 11.4. The molecule has 0 aliphatic rings. The Hall–Kier alpha value is -3.78. The Labute approximate surface area is 196 Å². The molecule has 168 valence electrons. The van der Waals surface area contributed by atoms with E-state index in [4.69, 9.17) is 9.72 Å². The molecule has 0 aliphatic carbocycles. The van der Waals surface area contributed by atoms with Gasteiger partial charge in [-0.25, -0.2) is 4.98 Å². The van der Waals surface area contributed by atoms with Crippen molar-refractivity contribution in [3.05, 3.63) is 83.8 Å². The normalized spacial score (nSPS) is 10.7. The van der Waals surface area contributed by atoms with E-state index in [0.717, 1.165) is 40.0 Å². The fourth-order valence-electron chi connectivity index (χ4n) is 3.59. The van der Waals surface area contributed by atoms with Crippen LogP contribution in [0.4, 0.5) is 0 Å². The summed E-state index contributed by atoms with van der Waals surface area (Å²) in [5, 5.41) is 5.66. The Kier molecular flexibility index (Phi) is 6.95. The van der Waals surface area contributed by atoms with Crippen molar-refractivity contribution in [3.63, 3.8) is 0 Å². The molecule has 0 bridgehead atoms. The first-order chi connectivity index (χ1) is 16.1. The summed E-state index contributed by atoms with van der Waals surface area (Å²) in [7, 11) is 1.66. The van der Waals surface area contributed by atoms with Crippen molar-refractivity contribution in [2.45, 2.75) is 19.9 Å². The van der Waals surface area contributed by atoms with Crippen LogP contribution in [0.25, 0.3) is 22.1 Å². The second-order valence-electron chi connectivity index (χ2n) is 7.41. The van der Waals surface area contributed by atoms with Gasteiger partial charge in [0.15, 0.2) is 0 Å². The van der Waals surface area contributed by atoms with Crippen LogP contribution in [0.1, 0.15) is 21.6 Å². The van der Waals surface area contributed by atoms with Crippen LogP contribution < -0.4 is 10.1 Å². The van der Waals surface area contributed by atoms with E-state index >= 15 is 0 Å². The number of nitrogens with one attached hydrogen (secondary N) is 1. The number of carbonyl (C=O) groups excluding carboxylic acids is 1.